The van der Waals surface area contributed by atoms with Gasteiger partial charge < -0.3 is 0 Å². The molecule has 2 aromatic heterocycles. The van der Waals surface area contributed by atoms with Gasteiger partial charge in [-0.2, -0.15) is 5.10 Å². The first-order valence-corrected chi connectivity index (χ1v) is 9.81. The second kappa shape index (κ2) is 8.15. The van der Waals surface area contributed by atoms with Crippen LogP contribution in [0.5, 0.6) is 0 Å². The number of H-pyrrole nitrogens is 1. The number of carbonyl (C=O) groups excluding carboxylic acids is 2. The van der Waals surface area contributed by atoms with Gasteiger partial charge in [-0.15, -0.1) is 5.10 Å². The number of para-hydroxylation sites is 2. The van der Waals surface area contributed by atoms with Crippen molar-refractivity contribution in [3.05, 3.63) is 96.4 Å². The van der Waals surface area contributed by atoms with Gasteiger partial charge in [0.15, 0.2) is 5.82 Å². The van der Waals surface area contributed by atoms with E-state index in [2.05, 4.69) is 31.1 Å². The van der Waals surface area contributed by atoms with Crippen LogP contribution in [0.3, 0.4) is 0 Å². The Labute approximate surface area is 182 Å². The Balaban J connectivity index is 1.41. The van der Waals surface area contributed by atoms with E-state index >= 15 is 0 Å². The second-order valence-corrected chi connectivity index (χ2v) is 6.92. The number of amides is 2. The molecule has 0 saturated carbocycles. The van der Waals surface area contributed by atoms with Crippen molar-refractivity contribution in [2.75, 3.05) is 0 Å². The molecule has 32 heavy (non-hydrogen) atoms. The van der Waals surface area contributed by atoms with Gasteiger partial charge in [0.05, 0.1) is 23.0 Å². The van der Waals surface area contributed by atoms with Crippen molar-refractivity contribution in [3.8, 4) is 17.1 Å². The molecule has 9 nitrogen and oxygen atoms in total. The molecule has 156 valence electrons. The predicted octanol–water partition coefficient (Wildman–Crippen LogP) is 2.89. The number of aromatic amines is 1. The summed E-state index contributed by atoms with van der Waals surface area (Å²) in [5, 5.41) is 11.9. The number of benzene rings is 3. The summed E-state index contributed by atoms with van der Waals surface area (Å²) in [6.07, 6.45) is 1.62. The number of hydrogen-bond acceptors (Lipinski definition) is 5. The van der Waals surface area contributed by atoms with E-state index in [9.17, 15) is 9.59 Å². The summed E-state index contributed by atoms with van der Waals surface area (Å²) in [7, 11) is 0. The minimum absolute atomic E-state index is 0.0762. The van der Waals surface area contributed by atoms with E-state index in [1.165, 1.54) is 0 Å². The first-order valence-electron chi connectivity index (χ1n) is 9.81. The number of carbonyl (C=O) groups is 2. The summed E-state index contributed by atoms with van der Waals surface area (Å²) < 4.78 is 1.59. The van der Waals surface area contributed by atoms with Crippen LogP contribution in [-0.4, -0.2) is 36.8 Å². The lowest BCUT2D eigenvalue weighted by Crippen LogP contribution is -2.42. The van der Waals surface area contributed by atoms with Gasteiger partial charge in [-0.1, -0.05) is 60.7 Å². The Kier molecular flexibility index (Phi) is 4.89. The zero-order chi connectivity index (χ0) is 21.9. The summed E-state index contributed by atoms with van der Waals surface area (Å²) >= 11 is 0. The lowest BCUT2D eigenvalue weighted by Gasteiger charge is -2.06. The SMILES string of the molecule is O=C(NNC(=O)c1cccc2cn[nH]c12)c1nc(-c2ccccc2)n(-c2ccccc2)n1. The Hall–Kier alpha value is -4.79. The van der Waals surface area contributed by atoms with E-state index in [1.54, 1.807) is 23.0 Å². The Morgan fingerprint density at radius 1 is 0.812 bits per heavy atom. The average Bonchev–Trinajstić information content (AvgIpc) is 3.51. The Bertz CT molecular complexity index is 1350. The van der Waals surface area contributed by atoms with Crippen LogP contribution < -0.4 is 10.9 Å². The van der Waals surface area contributed by atoms with Gasteiger partial charge in [-0.3, -0.25) is 25.5 Å². The summed E-state index contributed by atoms with van der Waals surface area (Å²) in [5.74, 6) is -0.691. The summed E-state index contributed by atoms with van der Waals surface area (Å²) in [6.45, 7) is 0. The van der Waals surface area contributed by atoms with Crippen LogP contribution in [0, 0.1) is 0 Å². The van der Waals surface area contributed by atoms with Crippen molar-refractivity contribution >= 4 is 22.7 Å². The topological polar surface area (TPSA) is 118 Å². The lowest BCUT2D eigenvalue weighted by molar-refractivity contribution is 0.0841. The summed E-state index contributed by atoms with van der Waals surface area (Å²) in [6, 6.07) is 24.0. The molecule has 0 aliphatic heterocycles. The van der Waals surface area contributed by atoms with Crippen molar-refractivity contribution < 1.29 is 9.59 Å². The van der Waals surface area contributed by atoms with Crippen molar-refractivity contribution in [2.24, 2.45) is 0 Å². The van der Waals surface area contributed by atoms with E-state index < -0.39 is 11.8 Å². The molecule has 5 rings (SSSR count). The maximum absolute atomic E-state index is 12.7. The van der Waals surface area contributed by atoms with E-state index in [4.69, 9.17) is 0 Å². The van der Waals surface area contributed by atoms with Gasteiger partial charge in [0.25, 0.3) is 5.91 Å². The highest BCUT2D eigenvalue weighted by atomic mass is 16.2. The predicted molar refractivity (Wildman–Crippen MR) is 118 cm³/mol. The van der Waals surface area contributed by atoms with Crippen molar-refractivity contribution in [1.82, 2.24) is 35.8 Å². The molecule has 0 unspecified atom stereocenters. The molecule has 3 aromatic carbocycles. The standard InChI is InChI=1S/C23H17N7O2/c31-22(18-13-7-10-16-14-24-26-19(16)18)27-28-23(32)20-25-21(15-8-3-1-4-9-15)30(29-20)17-11-5-2-6-12-17/h1-14H,(H,24,26)(H,27,31)(H,28,32). The van der Waals surface area contributed by atoms with E-state index in [1.807, 2.05) is 66.7 Å². The second-order valence-electron chi connectivity index (χ2n) is 6.92. The highest BCUT2D eigenvalue weighted by Crippen LogP contribution is 2.21. The fourth-order valence-electron chi connectivity index (χ4n) is 3.33. The van der Waals surface area contributed by atoms with Crippen LogP contribution in [0.2, 0.25) is 0 Å². The molecular weight excluding hydrogens is 406 g/mol. The number of hydrazine groups is 1. The van der Waals surface area contributed by atoms with Crippen LogP contribution in [0.15, 0.2) is 85.1 Å². The fraction of sp³-hybridized carbons (Fsp3) is 0. The van der Waals surface area contributed by atoms with Gasteiger partial charge in [0, 0.05) is 10.9 Å². The van der Waals surface area contributed by atoms with E-state index in [0.717, 1.165) is 16.6 Å². The van der Waals surface area contributed by atoms with Crippen LogP contribution >= 0.6 is 0 Å². The molecule has 0 bridgehead atoms. The van der Waals surface area contributed by atoms with Crippen molar-refractivity contribution in [3.63, 3.8) is 0 Å². The first-order chi connectivity index (χ1) is 15.7. The number of rotatable bonds is 4. The molecule has 0 radical (unpaired) electrons. The maximum Gasteiger partial charge on any atom is 0.309 e. The molecule has 3 N–H and O–H groups in total. The van der Waals surface area contributed by atoms with Crippen molar-refractivity contribution in [2.45, 2.75) is 0 Å². The first kappa shape index (κ1) is 19.2. The highest BCUT2D eigenvalue weighted by molar-refractivity contribution is 6.06. The van der Waals surface area contributed by atoms with E-state index in [-0.39, 0.29) is 5.82 Å². The largest absolute Gasteiger partial charge is 0.309 e. The summed E-state index contributed by atoms with van der Waals surface area (Å²) in [5.41, 5.74) is 7.29. The third-order valence-corrected chi connectivity index (χ3v) is 4.85. The normalized spacial score (nSPS) is 10.8. The Morgan fingerprint density at radius 3 is 2.31 bits per heavy atom. The third kappa shape index (κ3) is 3.58. The quantitative estimate of drug-likeness (QED) is 0.384. The molecule has 0 aliphatic rings. The molecular formula is C23H17N7O2. The monoisotopic (exact) mass is 423 g/mol. The molecule has 5 aromatic rings. The number of nitrogens with one attached hydrogen (secondary N) is 3. The number of nitrogens with zero attached hydrogens (tertiary/aromatic N) is 4. The van der Waals surface area contributed by atoms with Crippen LogP contribution in [-0.2, 0) is 0 Å². The molecule has 0 aliphatic carbocycles. The zero-order valence-corrected chi connectivity index (χ0v) is 16.7. The molecule has 2 heterocycles. The van der Waals surface area contributed by atoms with Crippen LogP contribution in [0.1, 0.15) is 21.0 Å². The minimum atomic E-state index is -0.637. The van der Waals surface area contributed by atoms with Crippen LogP contribution in [0.25, 0.3) is 28.0 Å². The molecule has 0 fully saturated rings. The van der Waals surface area contributed by atoms with Crippen molar-refractivity contribution in [1.29, 1.82) is 0 Å². The summed E-state index contributed by atoms with van der Waals surface area (Å²) in [4.78, 5) is 29.7. The Morgan fingerprint density at radius 2 is 1.53 bits per heavy atom. The van der Waals surface area contributed by atoms with Gasteiger partial charge >= 0.3 is 5.91 Å². The van der Waals surface area contributed by atoms with Crippen LogP contribution in [0.4, 0.5) is 0 Å². The molecule has 9 heteroatoms. The molecule has 0 spiro atoms. The molecule has 2 amide bonds. The van der Waals surface area contributed by atoms with Gasteiger partial charge in [-0.25, -0.2) is 9.67 Å². The van der Waals surface area contributed by atoms with E-state index in [0.29, 0.717) is 16.9 Å². The third-order valence-electron chi connectivity index (χ3n) is 4.85. The smallest absolute Gasteiger partial charge is 0.277 e. The van der Waals surface area contributed by atoms with Gasteiger partial charge in [0.2, 0.25) is 5.82 Å². The maximum atomic E-state index is 12.7. The number of aromatic nitrogens is 5. The fourth-order valence-corrected chi connectivity index (χ4v) is 3.33. The van der Waals surface area contributed by atoms with Gasteiger partial charge in [-0.05, 0) is 18.2 Å². The number of fused-ring (bicyclic) bond motifs is 1. The number of hydrogen-bond donors (Lipinski definition) is 3. The van der Waals surface area contributed by atoms with Gasteiger partial charge in [0.1, 0.15) is 0 Å². The molecule has 0 saturated heterocycles. The molecule has 0 atom stereocenters. The average molecular weight is 423 g/mol. The zero-order valence-electron chi connectivity index (χ0n) is 16.7. The lowest BCUT2D eigenvalue weighted by atomic mass is 10.1. The highest BCUT2D eigenvalue weighted by Gasteiger charge is 2.20. The minimum Gasteiger partial charge on any atom is -0.277 e.